The van der Waals surface area contributed by atoms with Gasteiger partial charge in [0.15, 0.2) is 0 Å². The molecule has 1 aliphatic carbocycles. The van der Waals surface area contributed by atoms with E-state index in [9.17, 15) is 4.79 Å². The van der Waals surface area contributed by atoms with Crippen molar-refractivity contribution in [3.8, 4) is 23.1 Å². The minimum atomic E-state index is -0.259. The van der Waals surface area contributed by atoms with Crippen molar-refractivity contribution in [2.45, 2.75) is 32.1 Å². The lowest BCUT2D eigenvalue weighted by atomic mass is 9.85. The number of hydrogen-bond acceptors (Lipinski definition) is 6. The van der Waals surface area contributed by atoms with E-state index in [-0.39, 0.29) is 5.91 Å². The van der Waals surface area contributed by atoms with Gasteiger partial charge >= 0.3 is 0 Å². The second-order valence-electron chi connectivity index (χ2n) is 7.85. The predicted octanol–water partition coefficient (Wildman–Crippen LogP) is 4.62. The number of nitrogens with one attached hydrogen (secondary N) is 1. The van der Waals surface area contributed by atoms with Gasteiger partial charge in [0, 0.05) is 23.4 Å². The Morgan fingerprint density at radius 3 is 2.56 bits per heavy atom. The van der Waals surface area contributed by atoms with Crippen LogP contribution < -0.4 is 5.32 Å². The van der Waals surface area contributed by atoms with Crippen LogP contribution in [0.15, 0.2) is 59.3 Å². The van der Waals surface area contributed by atoms with Gasteiger partial charge in [-0.3, -0.25) is 4.79 Å². The third kappa shape index (κ3) is 3.76. The van der Waals surface area contributed by atoms with Gasteiger partial charge in [0.2, 0.25) is 11.7 Å². The number of benzene rings is 2. The van der Waals surface area contributed by atoms with E-state index < -0.39 is 0 Å². The Kier molecular flexibility index (Phi) is 5.00. The summed E-state index contributed by atoms with van der Waals surface area (Å²) in [6, 6.07) is 16.4. The summed E-state index contributed by atoms with van der Waals surface area (Å²) in [6.07, 6.45) is 5.14. The summed E-state index contributed by atoms with van der Waals surface area (Å²) in [4.78, 5) is 17.2. The molecule has 0 atom stereocenters. The Balaban J connectivity index is 1.32. The van der Waals surface area contributed by atoms with E-state index in [1.807, 2.05) is 24.3 Å². The first-order valence-corrected chi connectivity index (χ1v) is 10.4. The lowest BCUT2D eigenvalue weighted by Crippen LogP contribution is -2.12. The molecule has 1 amide bonds. The van der Waals surface area contributed by atoms with Gasteiger partial charge in [0.05, 0.1) is 28.6 Å². The minimum absolute atomic E-state index is 0.259. The highest BCUT2D eigenvalue weighted by Crippen LogP contribution is 2.36. The Labute approximate surface area is 184 Å². The first kappa shape index (κ1) is 19.7. The Hall–Kier alpha value is -4.25. The molecule has 0 unspecified atom stereocenters. The Morgan fingerprint density at radius 1 is 1.16 bits per heavy atom. The molecule has 32 heavy (non-hydrogen) atoms. The molecular formula is C24H20N6O2. The highest BCUT2D eigenvalue weighted by atomic mass is 16.5. The largest absolute Gasteiger partial charge is 0.339 e. The number of nitriles is 1. The van der Waals surface area contributed by atoms with E-state index in [1.54, 1.807) is 42.1 Å². The Bertz CT molecular complexity index is 1310. The maximum Gasteiger partial charge on any atom is 0.259 e. The van der Waals surface area contributed by atoms with Crippen molar-refractivity contribution in [3.63, 3.8) is 0 Å². The molecule has 5 rings (SSSR count). The molecule has 0 spiro atoms. The molecule has 8 nitrogen and oxygen atoms in total. The van der Waals surface area contributed by atoms with Crippen molar-refractivity contribution in [2.24, 2.45) is 0 Å². The molecule has 8 heteroatoms. The van der Waals surface area contributed by atoms with Gasteiger partial charge in [-0.2, -0.15) is 15.3 Å². The Morgan fingerprint density at radius 2 is 1.91 bits per heavy atom. The molecule has 4 aromatic rings. The zero-order valence-corrected chi connectivity index (χ0v) is 17.4. The molecule has 158 valence electrons. The topological polar surface area (TPSA) is 110 Å². The van der Waals surface area contributed by atoms with E-state index in [2.05, 4.69) is 26.6 Å². The van der Waals surface area contributed by atoms with Crippen LogP contribution in [0, 0.1) is 18.3 Å². The fourth-order valence-electron chi connectivity index (χ4n) is 3.58. The number of carbonyl (C=O) groups is 1. The summed E-state index contributed by atoms with van der Waals surface area (Å²) in [5.41, 5.74) is 3.93. The van der Waals surface area contributed by atoms with Crippen LogP contribution in [0.4, 0.5) is 5.69 Å². The van der Waals surface area contributed by atoms with Gasteiger partial charge in [-0.15, -0.1) is 0 Å². The molecule has 2 aromatic carbocycles. The van der Waals surface area contributed by atoms with Gasteiger partial charge in [-0.1, -0.05) is 11.6 Å². The highest BCUT2D eigenvalue weighted by molar-refractivity contribution is 6.04. The van der Waals surface area contributed by atoms with Crippen LogP contribution >= 0.6 is 0 Å². The highest BCUT2D eigenvalue weighted by Gasteiger charge is 2.25. The van der Waals surface area contributed by atoms with Crippen LogP contribution in [0.25, 0.3) is 17.1 Å². The summed E-state index contributed by atoms with van der Waals surface area (Å²) in [5, 5.41) is 20.3. The van der Waals surface area contributed by atoms with Crippen molar-refractivity contribution >= 4 is 11.6 Å². The maximum atomic E-state index is 12.7. The van der Waals surface area contributed by atoms with Crippen LogP contribution in [-0.2, 0) is 0 Å². The quantitative estimate of drug-likeness (QED) is 0.500. The molecule has 1 saturated carbocycles. The van der Waals surface area contributed by atoms with Crippen LogP contribution in [0.1, 0.15) is 52.7 Å². The van der Waals surface area contributed by atoms with Gasteiger partial charge < -0.3 is 9.84 Å². The summed E-state index contributed by atoms with van der Waals surface area (Å²) < 4.78 is 7.08. The SMILES string of the molecule is Cc1nn(-c2ccc(-c3noc(C4CCC4)n3)cc2)cc1C(=O)Nc1ccc(C#N)cc1. The molecule has 0 saturated heterocycles. The number of carbonyl (C=O) groups excluding carboxylic acids is 1. The standard InChI is InChI=1S/C24H20N6O2/c1-15-21(23(31)26-19-9-5-16(13-25)6-10-19)14-30(28-15)20-11-7-17(8-12-20)22-27-24(32-29-22)18-3-2-4-18/h5-12,14,18H,2-4H2,1H3,(H,26,31). The number of aryl methyl sites for hydroxylation is 1. The first-order valence-electron chi connectivity index (χ1n) is 10.4. The van der Waals surface area contributed by atoms with E-state index in [4.69, 9.17) is 9.78 Å². The van der Waals surface area contributed by atoms with Gasteiger partial charge in [-0.25, -0.2) is 4.68 Å². The van der Waals surface area contributed by atoms with Crippen LogP contribution in [-0.4, -0.2) is 25.8 Å². The lowest BCUT2D eigenvalue weighted by molar-refractivity contribution is 0.102. The number of hydrogen-bond donors (Lipinski definition) is 1. The van der Waals surface area contributed by atoms with E-state index in [1.165, 1.54) is 6.42 Å². The smallest absolute Gasteiger partial charge is 0.259 e. The summed E-state index contributed by atoms with van der Waals surface area (Å²) in [6.45, 7) is 1.79. The number of nitrogens with zero attached hydrogens (tertiary/aromatic N) is 5. The zero-order chi connectivity index (χ0) is 22.1. The molecular weight excluding hydrogens is 404 g/mol. The number of amides is 1. The van der Waals surface area contributed by atoms with Crippen LogP contribution in [0.5, 0.6) is 0 Å². The second-order valence-corrected chi connectivity index (χ2v) is 7.85. The van der Waals surface area contributed by atoms with Gasteiger partial charge in [0.25, 0.3) is 5.91 Å². The third-order valence-electron chi connectivity index (χ3n) is 5.70. The lowest BCUT2D eigenvalue weighted by Gasteiger charge is -2.20. The average molecular weight is 424 g/mol. The van der Waals surface area contributed by atoms with Crippen molar-refractivity contribution in [1.82, 2.24) is 19.9 Å². The number of rotatable bonds is 5. The van der Waals surface area contributed by atoms with Crippen molar-refractivity contribution in [1.29, 1.82) is 5.26 Å². The summed E-state index contributed by atoms with van der Waals surface area (Å²) >= 11 is 0. The molecule has 2 heterocycles. The average Bonchev–Trinajstić information content (AvgIpc) is 3.40. The molecule has 0 radical (unpaired) electrons. The number of anilines is 1. The molecule has 0 aliphatic heterocycles. The van der Waals surface area contributed by atoms with Gasteiger partial charge in [-0.05, 0) is 68.3 Å². The van der Waals surface area contributed by atoms with Crippen molar-refractivity contribution < 1.29 is 9.32 Å². The summed E-state index contributed by atoms with van der Waals surface area (Å²) in [7, 11) is 0. The van der Waals surface area contributed by atoms with E-state index >= 15 is 0 Å². The van der Waals surface area contributed by atoms with E-state index in [0.717, 1.165) is 30.0 Å². The fourth-order valence-corrected chi connectivity index (χ4v) is 3.58. The number of aromatic nitrogens is 4. The van der Waals surface area contributed by atoms with Crippen LogP contribution in [0.2, 0.25) is 0 Å². The minimum Gasteiger partial charge on any atom is -0.339 e. The predicted molar refractivity (Wildman–Crippen MR) is 117 cm³/mol. The first-order chi connectivity index (χ1) is 15.6. The van der Waals surface area contributed by atoms with Crippen LogP contribution in [0.3, 0.4) is 0 Å². The molecule has 1 fully saturated rings. The van der Waals surface area contributed by atoms with Gasteiger partial charge in [0.1, 0.15) is 0 Å². The van der Waals surface area contributed by atoms with Crippen molar-refractivity contribution in [3.05, 3.63) is 77.4 Å². The zero-order valence-electron chi connectivity index (χ0n) is 17.4. The monoisotopic (exact) mass is 424 g/mol. The van der Waals surface area contributed by atoms with E-state index in [0.29, 0.717) is 34.3 Å². The molecule has 1 aliphatic rings. The summed E-state index contributed by atoms with van der Waals surface area (Å²) in [5.74, 6) is 1.44. The fraction of sp³-hybridized carbons (Fsp3) is 0.208. The second kappa shape index (κ2) is 8.12. The third-order valence-corrected chi connectivity index (χ3v) is 5.70. The molecule has 1 N–H and O–H groups in total. The van der Waals surface area contributed by atoms with Crippen molar-refractivity contribution in [2.75, 3.05) is 5.32 Å². The maximum absolute atomic E-state index is 12.7. The molecule has 0 bridgehead atoms. The molecule has 2 aromatic heterocycles. The normalized spacial score (nSPS) is 13.4.